The van der Waals surface area contributed by atoms with Gasteiger partial charge in [0.2, 0.25) is 0 Å². The maximum Gasteiger partial charge on any atom is 0.167 e. The SMILES string of the molecule is CC1(C)c2ccccc2-c2ccc(-c3nc(-c4ccccc4)nc(-c4cc5ccccc5c5c4oc4cc(-n6c7ccccc7c7ccccc76)ccc45)n3)cc21. The molecule has 0 radical (unpaired) electrons. The molecule has 57 heavy (non-hydrogen) atoms. The first-order valence-electron chi connectivity index (χ1n) is 19.4. The van der Waals surface area contributed by atoms with Gasteiger partial charge >= 0.3 is 0 Å². The number of fused-ring (bicyclic) bond motifs is 11. The van der Waals surface area contributed by atoms with E-state index in [-0.39, 0.29) is 5.41 Å². The summed E-state index contributed by atoms with van der Waals surface area (Å²) in [5, 5.41) is 6.76. The van der Waals surface area contributed by atoms with E-state index in [4.69, 9.17) is 19.4 Å². The van der Waals surface area contributed by atoms with Gasteiger partial charge in [0.05, 0.1) is 16.6 Å². The number of hydrogen-bond acceptors (Lipinski definition) is 4. The normalized spacial score (nSPS) is 13.2. The lowest BCUT2D eigenvalue weighted by Crippen LogP contribution is -2.15. The van der Waals surface area contributed by atoms with E-state index in [1.807, 2.05) is 18.2 Å². The van der Waals surface area contributed by atoms with Crippen molar-refractivity contribution in [1.82, 2.24) is 19.5 Å². The van der Waals surface area contributed by atoms with Crippen LogP contribution in [0.5, 0.6) is 0 Å². The van der Waals surface area contributed by atoms with Crippen LogP contribution in [0.15, 0.2) is 174 Å². The predicted octanol–water partition coefficient (Wildman–Crippen LogP) is 13.3. The summed E-state index contributed by atoms with van der Waals surface area (Å²) in [6, 6.07) is 60.0. The summed E-state index contributed by atoms with van der Waals surface area (Å²) in [5.41, 5.74) is 12.6. The van der Waals surface area contributed by atoms with Crippen LogP contribution in [-0.2, 0) is 5.41 Å². The van der Waals surface area contributed by atoms with Gasteiger partial charge in [0.15, 0.2) is 17.5 Å². The first-order valence-corrected chi connectivity index (χ1v) is 19.4. The molecule has 0 bridgehead atoms. The Hall–Kier alpha value is -7.37. The second kappa shape index (κ2) is 11.8. The minimum absolute atomic E-state index is 0.156. The Balaban J connectivity index is 1.10. The van der Waals surface area contributed by atoms with Crippen molar-refractivity contribution in [3.8, 4) is 51.0 Å². The molecule has 268 valence electrons. The average Bonchev–Trinajstić information content (AvgIpc) is 3.89. The molecular weight excluding hydrogens is 697 g/mol. The van der Waals surface area contributed by atoms with Crippen LogP contribution >= 0.6 is 0 Å². The molecule has 8 aromatic carbocycles. The van der Waals surface area contributed by atoms with Gasteiger partial charge in [-0.05, 0) is 69.4 Å². The van der Waals surface area contributed by atoms with Crippen molar-refractivity contribution in [3.63, 3.8) is 0 Å². The van der Waals surface area contributed by atoms with Crippen LogP contribution in [0.25, 0.3) is 105 Å². The van der Waals surface area contributed by atoms with Crippen LogP contribution < -0.4 is 0 Å². The maximum atomic E-state index is 7.01. The van der Waals surface area contributed by atoms with E-state index in [0.717, 1.165) is 66.1 Å². The van der Waals surface area contributed by atoms with Crippen LogP contribution in [0.2, 0.25) is 0 Å². The lowest BCUT2D eigenvalue weighted by Gasteiger charge is -2.21. The Morgan fingerprint density at radius 3 is 1.88 bits per heavy atom. The number of benzene rings is 8. The second-order valence-electron chi connectivity index (χ2n) is 15.6. The van der Waals surface area contributed by atoms with Gasteiger partial charge in [0.1, 0.15) is 11.2 Å². The Morgan fingerprint density at radius 2 is 1.09 bits per heavy atom. The molecule has 3 heterocycles. The summed E-state index contributed by atoms with van der Waals surface area (Å²) < 4.78 is 9.34. The molecule has 3 aromatic heterocycles. The van der Waals surface area contributed by atoms with Gasteiger partial charge in [0.25, 0.3) is 0 Å². The fourth-order valence-corrected chi connectivity index (χ4v) is 9.31. The van der Waals surface area contributed by atoms with Crippen molar-refractivity contribution in [1.29, 1.82) is 0 Å². The van der Waals surface area contributed by atoms with Crippen LogP contribution in [-0.4, -0.2) is 19.5 Å². The zero-order chi connectivity index (χ0) is 37.8. The molecule has 11 aromatic rings. The van der Waals surface area contributed by atoms with Crippen LogP contribution in [0, 0.1) is 0 Å². The molecule has 0 spiro atoms. The molecule has 0 unspecified atom stereocenters. The average molecular weight is 731 g/mol. The molecule has 0 aliphatic heterocycles. The monoisotopic (exact) mass is 730 g/mol. The van der Waals surface area contributed by atoms with Crippen molar-refractivity contribution in [2.75, 3.05) is 0 Å². The summed E-state index contributed by atoms with van der Waals surface area (Å²) in [6.45, 7) is 4.60. The van der Waals surface area contributed by atoms with E-state index in [9.17, 15) is 0 Å². The fraction of sp³-hybridized carbons (Fsp3) is 0.0577. The van der Waals surface area contributed by atoms with Gasteiger partial charge in [0, 0.05) is 49.8 Å². The van der Waals surface area contributed by atoms with E-state index in [0.29, 0.717) is 17.5 Å². The van der Waals surface area contributed by atoms with E-state index in [2.05, 4.69) is 170 Å². The third-order valence-electron chi connectivity index (χ3n) is 12.0. The number of hydrogen-bond donors (Lipinski definition) is 0. The largest absolute Gasteiger partial charge is 0.455 e. The highest BCUT2D eigenvalue weighted by atomic mass is 16.3. The van der Waals surface area contributed by atoms with E-state index >= 15 is 0 Å². The summed E-state index contributed by atoms with van der Waals surface area (Å²) in [6.07, 6.45) is 0. The number of aromatic nitrogens is 4. The van der Waals surface area contributed by atoms with Gasteiger partial charge < -0.3 is 8.98 Å². The molecule has 5 heteroatoms. The Kier molecular flexibility index (Phi) is 6.62. The quantitative estimate of drug-likeness (QED) is 0.181. The van der Waals surface area contributed by atoms with Crippen LogP contribution in [0.4, 0.5) is 0 Å². The van der Waals surface area contributed by atoms with Crippen molar-refractivity contribution in [2.45, 2.75) is 19.3 Å². The zero-order valence-corrected chi connectivity index (χ0v) is 31.4. The highest BCUT2D eigenvalue weighted by Gasteiger charge is 2.35. The summed E-state index contributed by atoms with van der Waals surface area (Å²) in [5.74, 6) is 1.81. The van der Waals surface area contributed by atoms with Gasteiger partial charge in [-0.15, -0.1) is 0 Å². The molecule has 0 fully saturated rings. The molecule has 12 rings (SSSR count). The molecular formula is C52H34N4O. The molecule has 1 aliphatic carbocycles. The third-order valence-corrected chi connectivity index (χ3v) is 12.0. The number of furan rings is 1. The summed E-state index contributed by atoms with van der Waals surface area (Å²) >= 11 is 0. The van der Waals surface area contributed by atoms with Gasteiger partial charge in [-0.25, -0.2) is 15.0 Å². The molecule has 0 saturated carbocycles. The van der Waals surface area contributed by atoms with E-state index in [1.165, 1.54) is 33.0 Å². The molecule has 5 nitrogen and oxygen atoms in total. The molecule has 1 aliphatic rings. The van der Waals surface area contributed by atoms with Crippen molar-refractivity contribution in [2.24, 2.45) is 0 Å². The molecule has 0 atom stereocenters. The van der Waals surface area contributed by atoms with Gasteiger partial charge in [-0.1, -0.05) is 141 Å². The lowest BCUT2D eigenvalue weighted by molar-refractivity contribution is 0.660. The first kappa shape index (κ1) is 31.9. The number of nitrogens with zero attached hydrogens (tertiary/aromatic N) is 4. The van der Waals surface area contributed by atoms with Gasteiger partial charge in [-0.3, -0.25) is 0 Å². The zero-order valence-electron chi connectivity index (χ0n) is 31.4. The van der Waals surface area contributed by atoms with Crippen molar-refractivity contribution < 1.29 is 4.42 Å². The van der Waals surface area contributed by atoms with E-state index < -0.39 is 0 Å². The van der Waals surface area contributed by atoms with Crippen LogP contribution in [0.3, 0.4) is 0 Å². The molecule has 0 amide bonds. The van der Waals surface area contributed by atoms with Crippen molar-refractivity contribution in [3.05, 3.63) is 181 Å². The van der Waals surface area contributed by atoms with Crippen LogP contribution in [0.1, 0.15) is 25.0 Å². The second-order valence-corrected chi connectivity index (χ2v) is 15.6. The number of rotatable bonds is 4. The minimum atomic E-state index is -0.156. The lowest BCUT2D eigenvalue weighted by atomic mass is 9.82. The highest BCUT2D eigenvalue weighted by molar-refractivity contribution is 6.22. The standard InChI is InChI=1S/C52H34N4O/c1-52(2)42-21-11-8-18-36(42)37-26-24-33(29-43(37)52)50-53-49(31-14-4-3-5-15-31)54-51(55-50)41-28-32-16-6-7-17-35(32)47-40-27-25-34(30-46(40)57-48(41)47)56-44-22-12-9-19-38(44)39-20-10-13-23-45(39)56/h3-30H,1-2H3. The molecule has 0 saturated heterocycles. The fourth-order valence-electron chi connectivity index (χ4n) is 9.31. The Morgan fingerprint density at radius 1 is 0.456 bits per heavy atom. The minimum Gasteiger partial charge on any atom is -0.455 e. The topological polar surface area (TPSA) is 56.7 Å². The predicted molar refractivity (Wildman–Crippen MR) is 233 cm³/mol. The molecule has 0 N–H and O–H groups in total. The third kappa shape index (κ3) is 4.66. The Bertz CT molecular complexity index is 3390. The van der Waals surface area contributed by atoms with Gasteiger partial charge in [-0.2, -0.15) is 0 Å². The summed E-state index contributed by atoms with van der Waals surface area (Å²) in [7, 11) is 0. The summed E-state index contributed by atoms with van der Waals surface area (Å²) in [4.78, 5) is 15.6. The van der Waals surface area contributed by atoms with Crippen molar-refractivity contribution >= 4 is 54.5 Å². The first-order chi connectivity index (χ1) is 28.0. The highest BCUT2D eigenvalue weighted by Crippen LogP contribution is 2.49. The Labute approximate surface area is 328 Å². The van der Waals surface area contributed by atoms with E-state index in [1.54, 1.807) is 0 Å². The maximum absolute atomic E-state index is 7.01. The number of para-hydroxylation sites is 2. The smallest absolute Gasteiger partial charge is 0.167 e.